The second-order valence-electron chi connectivity index (χ2n) is 7.57. The number of hydrogen-bond donors (Lipinski definition) is 0. The smallest absolute Gasteiger partial charge is 0.417 e. The second-order valence-corrected chi connectivity index (χ2v) is 7.57. The maximum atomic E-state index is 12.4. The van der Waals surface area contributed by atoms with Crippen LogP contribution in [-0.2, 0) is 23.9 Å². The van der Waals surface area contributed by atoms with Gasteiger partial charge in [0.1, 0.15) is 23.5 Å². The van der Waals surface area contributed by atoms with Crippen molar-refractivity contribution in [2.24, 2.45) is 5.92 Å². The molecule has 1 saturated heterocycles. The van der Waals surface area contributed by atoms with E-state index < -0.39 is 41.1 Å². The first-order valence-electron chi connectivity index (χ1n) is 7.58. The monoisotopic (exact) mass is 327 g/mol. The van der Waals surface area contributed by atoms with Crippen LogP contribution in [0.4, 0.5) is 4.79 Å². The molecule has 0 aromatic rings. The Hall–Kier alpha value is -1.92. The van der Waals surface area contributed by atoms with Gasteiger partial charge in [-0.3, -0.25) is 4.79 Å². The molecule has 1 heterocycles. The van der Waals surface area contributed by atoms with Gasteiger partial charge in [0.25, 0.3) is 0 Å². The zero-order chi connectivity index (χ0) is 18.0. The van der Waals surface area contributed by atoms with E-state index in [4.69, 9.17) is 9.47 Å². The van der Waals surface area contributed by atoms with Crippen LogP contribution in [0.15, 0.2) is 0 Å². The zero-order valence-electron chi connectivity index (χ0n) is 14.5. The lowest BCUT2D eigenvalue weighted by atomic mass is 10.0. The van der Waals surface area contributed by atoms with Gasteiger partial charge in [-0.1, -0.05) is 0 Å². The summed E-state index contributed by atoms with van der Waals surface area (Å²) in [7, 11) is 0. The third-order valence-corrected chi connectivity index (χ3v) is 3.06. The van der Waals surface area contributed by atoms with Gasteiger partial charge in [0, 0.05) is 12.3 Å². The topological polar surface area (TPSA) is 90.0 Å². The minimum absolute atomic E-state index is 0.0442. The number of esters is 1. The van der Waals surface area contributed by atoms with E-state index in [1.165, 1.54) is 0 Å². The highest BCUT2D eigenvalue weighted by Gasteiger charge is 2.49. The Balaban J connectivity index is 3.03. The molecule has 7 nitrogen and oxygen atoms in total. The Labute approximate surface area is 136 Å². The molecule has 1 rings (SSSR count). The fourth-order valence-electron chi connectivity index (χ4n) is 2.24. The highest BCUT2D eigenvalue weighted by Crippen LogP contribution is 2.30. The van der Waals surface area contributed by atoms with E-state index in [9.17, 15) is 19.2 Å². The standard InChI is InChI=1S/C16H25NO6/c1-15(2,3)22-13(20)11-9-10(7-8-18)12(19)17(11)14(21)23-16(4,5)6/h8,10-11H,7,9H2,1-6H3/t10-,11+/m1/s1. The Morgan fingerprint density at radius 3 is 2.09 bits per heavy atom. The van der Waals surface area contributed by atoms with Crippen molar-refractivity contribution < 1.29 is 28.7 Å². The van der Waals surface area contributed by atoms with Gasteiger partial charge in [-0.15, -0.1) is 0 Å². The highest BCUT2D eigenvalue weighted by atomic mass is 16.6. The molecule has 2 atom stereocenters. The van der Waals surface area contributed by atoms with Crippen LogP contribution >= 0.6 is 0 Å². The summed E-state index contributed by atoms with van der Waals surface area (Å²) in [5.74, 6) is -1.97. The van der Waals surface area contributed by atoms with Gasteiger partial charge in [0.2, 0.25) is 5.91 Å². The van der Waals surface area contributed by atoms with E-state index in [1.807, 2.05) is 0 Å². The van der Waals surface area contributed by atoms with Crippen molar-refractivity contribution in [2.45, 2.75) is 71.6 Å². The van der Waals surface area contributed by atoms with Gasteiger partial charge in [0.05, 0.1) is 0 Å². The molecule has 2 amide bonds. The molecular weight excluding hydrogens is 302 g/mol. The van der Waals surface area contributed by atoms with Gasteiger partial charge < -0.3 is 14.3 Å². The lowest BCUT2D eigenvalue weighted by Crippen LogP contribution is -2.47. The van der Waals surface area contributed by atoms with E-state index in [2.05, 4.69) is 0 Å². The van der Waals surface area contributed by atoms with Crippen LogP contribution < -0.4 is 0 Å². The first-order chi connectivity index (χ1) is 10.4. The number of rotatable bonds is 3. The number of likely N-dealkylation sites (tertiary alicyclic amines) is 1. The van der Waals surface area contributed by atoms with Gasteiger partial charge >= 0.3 is 12.1 Å². The van der Waals surface area contributed by atoms with E-state index in [1.54, 1.807) is 41.5 Å². The second kappa shape index (κ2) is 6.68. The minimum Gasteiger partial charge on any atom is -0.458 e. The lowest BCUT2D eigenvalue weighted by Gasteiger charge is -2.28. The summed E-state index contributed by atoms with van der Waals surface area (Å²) in [4.78, 5) is 48.5. The molecule has 0 bridgehead atoms. The third-order valence-electron chi connectivity index (χ3n) is 3.06. The molecule has 0 aliphatic carbocycles. The molecule has 0 radical (unpaired) electrons. The number of hydrogen-bond acceptors (Lipinski definition) is 6. The fourth-order valence-corrected chi connectivity index (χ4v) is 2.24. The van der Waals surface area contributed by atoms with E-state index >= 15 is 0 Å². The molecule has 130 valence electrons. The molecule has 0 saturated carbocycles. The molecule has 0 aromatic carbocycles. The van der Waals surface area contributed by atoms with Crippen molar-refractivity contribution >= 4 is 24.3 Å². The Bertz CT molecular complexity index is 500. The fraction of sp³-hybridized carbons (Fsp3) is 0.750. The summed E-state index contributed by atoms with van der Waals surface area (Å²) in [5, 5.41) is 0. The summed E-state index contributed by atoms with van der Waals surface area (Å²) in [6.45, 7) is 10.1. The summed E-state index contributed by atoms with van der Waals surface area (Å²) < 4.78 is 10.5. The van der Waals surface area contributed by atoms with Crippen LogP contribution in [0.5, 0.6) is 0 Å². The van der Waals surface area contributed by atoms with Crippen molar-refractivity contribution in [1.82, 2.24) is 4.90 Å². The first kappa shape index (κ1) is 19.1. The minimum atomic E-state index is -1.07. The molecule has 1 aliphatic rings. The summed E-state index contributed by atoms with van der Waals surface area (Å²) in [6, 6.07) is -1.07. The largest absolute Gasteiger partial charge is 0.458 e. The maximum absolute atomic E-state index is 12.4. The van der Waals surface area contributed by atoms with Crippen molar-refractivity contribution in [3.05, 3.63) is 0 Å². The van der Waals surface area contributed by atoms with Gasteiger partial charge in [-0.05, 0) is 48.0 Å². The normalized spacial score (nSPS) is 22.0. The molecule has 0 unspecified atom stereocenters. The summed E-state index contributed by atoms with van der Waals surface area (Å²) in [5.41, 5.74) is -1.55. The SMILES string of the molecule is CC(C)(C)OC(=O)[C@@H]1C[C@@H](CC=O)C(=O)N1C(=O)OC(C)(C)C. The van der Waals surface area contributed by atoms with Crippen molar-refractivity contribution in [2.75, 3.05) is 0 Å². The Morgan fingerprint density at radius 2 is 1.65 bits per heavy atom. The van der Waals surface area contributed by atoms with Crippen molar-refractivity contribution in [1.29, 1.82) is 0 Å². The molecule has 1 fully saturated rings. The quantitative estimate of drug-likeness (QED) is 0.582. The number of imide groups is 1. The van der Waals surface area contributed by atoms with Crippen LogP contribution in [-0.4, -0.2) is 46.4 Å². The van der Waals surface area contributed by atoms with Crippen LogP contribution in [0.25, 0.3) is 0 Å². The molecule has 0 N–H and O–H groups in total. The number of ether oxygens (including phenoxy) is 2. The molecule has 1 aliphatic heterocycles. The van der Waals surface area contributed by atoms with E-state index in [0.717, 1.165) is 4.90 Å². The number of nitrogens with zero attached hydrogens (tertiary/aromatic N) is 1. The maximum Gasteiger partial charge on any atom is 0.417 e. The predicted octanol–water partition coefficient (Wildman–Crippen LogP) is 2.07. The molecule has 23 heavy (non-hydrogen) atoms. The predicted molar refractivity (Wildman–Crippen MR) is 81.5 cm³/mol. The van der Waals surface area contributed by atoms with Crippen molar-refractivity contribution in [3.63, 3.8) is 0 Å². The Kier molecular flexibility index (Phi) is 5.56. The number of aldehydes is 1. The Morgan fingerprint density at radius 1 is 1.13 bits per heavy atom. The number of amides is 2. The molecular formula is C16H25NO6. The zero-order valence-corrected chi connectivity index (χ0v) is 14.5. The summed E-state index contributed by atoms with van der Waals surface area (Å²) in [6.07, 6.45) is -0.275. The number of carbonyl (C=O) groups excluding carboxylic acids is 4. The average Bonchev–Trinajstić information content (AvgIpc) is 2.63. The van der Waals surface area contributed by atoms with Crippen LogP contribution in [0.1, 0.15) is 54.4 Å². The van der Waals surface area contributed by atoms with Crippen molar-refractivity contribution in [3.8, 4) is 0 Å². The van der Waals surface area contributed by atoms with Crippen LogP contribution in [0, 0.1) is 5.92 Å². The van der Waals surface area contributed by atoms with Crippen LogP contribution in [0.3, 0.4) is 0 Å². The number of carbonyl (C=O) groups is 4. The van der Waals surface area contributed by atoms with E-state index in [-0.39, 0.29) is 12.8 Å². The highest BCUT2D eigenvalue weighted by molar-refractivity contribution is 6.01. The summed E-state index contributed by atoms with van der Waals surface area (Å²) >= 11 is 0. The van der Waals surface area contributed by atoms with Gasteiger partial charge in [-0.2, -0.15) is 0 Å². The first-order valence-corrected chi connectivity index (χ1v) is 7.58. The molecule has 7 heteroatoms. The molecule has 0 aromatic heterocycles. The van der Waals surface area contributed by atoms with E-state index in [0.29, 0.717) is 6.29 Å². The average molecular weight is 327 g/mol. The van der Waals surface area contributed by atoms with Gasteiger partial charge in [0.15, 0.2) is 0 Å². The molecule has 0 spiro atoms. The van der Waals surface area contributed by atoms with Crippen LogP contribution in [0.2, 0.25) is 0 Å². The lowest BCUT2D eigenvalue weighted by molar-refractivity contribution is -0.161. The third kappa shape index (κ3) is 5.33. The van der Waals surface area contributed by atoms with Gasteiger partial charge in [-0.25, -0.2) is 14.5 Å².